The molecule has 0 saturated heterocycles. The minimum Gasteiger partial charge on any atom is -0.494 e. The summed E-state index contributed by atoms with van der Waals surface area (Å²) in [6, 6.07) is 7.26. The monoisotopic (exact) mass is 436 g/mol. The number of benzene rings is 1. The third-order valence-corrected chi connectivity index (χ3v) is 5.20. The first-order chi connectivity index (χ1) is 15.4. The van der Waals surface area contributed by atoms with Crippen LogP contribution >= 0.6 is 0 Å². The fourth-order valence-electron chi connectivity index (χ4n) is 3.56. The van der Waals surface area contributed by atoms with Gasteiger partial charge in [-0.1, -0.05) is 6.07 Å². The number of carbonyl (C=O) groups excluding carboxylic acids is 1. The maximum absolute atomic E-state index is 13.3. The number of alkyl halides is 1. The maximum Gasteiger partial charge on any atom is 0.231 e. The number of hydrogen-bond donors (Lipinski definition) is 3. The minimum atomic E-state index is -1.09. The Bertz CT molecular complexity index is 1330. The first kappa shape index (κ1) is 19.9. The molecule has 11 heteroatoms. The number of imidazole rings is 1. The fraction of sp³-hybridized carbons (Fsp3) is 0.286. The number of aromatic amines is 1. The van der Waals surface area contributed by atoms with Gasteiger partial charge in [0.15, 0.2) is 17.2 Å². The van der Waals surface area contributed by atoms with Crippen molar-refractivity contribution >= 4 is 34.3 Å². The van der Waals surface area contributed by atoms with Gasteiger partial charge in [0.05, 0.1) is 30.0 Å². The van der Waals surface area contributed by atoms with E-state index >= 15 is 0 Å². The van der Waals surface area contributed by atoms with Gasteiger partial charge in [-0.05, 0) is 25.5 Å². The Balaban J connectivity index is 1.54. The summed E-state index contributed by atoms with van der Waals surface area (Å²) in [4.78, 5) is 28.5. The van der Waals surface area contributed by atoms with E-state index in [1.807, 2.05) is 25.1 Å². The number of nitrogens with zero attached hydrogens (tertiary/aromatic N) is 5. The predicted octanol–water partition coefficient (Wildman–Crippen LogP) is 3.11. The molecule has 32 heavy (non-hydrogen) atoms. The van der Waals surface area contributed by atoms with E-state index in [4.69, 9.17) is 4.74 Å². The number of amides is 1. The predicted molar refractivity (Wildman–Crippen MR) is 117 cm³/mol. The Morgan fingerprint density at radius 1 is 1.31 bits per heavy atom. The molecule has 1 saturated carbocycles. The molecule has 4 aromatic rings. The van der Waals surface area contributed by atoms with Gasteiger partial charge in [-0.15, -0.1) is 0 Å². The molecule has 1 aromatic carbocycles. The summed E-state index contributed by atoms with van der Waals surface area (Å²) in [7, 11) is 3.36. The van der Waals surface area contributed by atoms with Gasteiger partial charge in [-0.25, -0.2) is 19.3 Å². The summed E-state index contributed by atoms with van der Waals surface area (Å²) in [5.74, 6) is 1.06. The normalized spacial score (nSPS) is 17.4. The van der Waals surface area contributed by atoms with Crippen LogP contribution in [-0.4, -0.2) is 48.9 Å². The summed E-state index contributed by atoms with van der Waals surface area (Å²) in [6.07, 6.45) is 0.774. The van der Waals surface area contributed by atoms with Crippen molar-refractivity contribution in [3.8, 4) is 17.1 Å². The SMILES string of the molecule is COc1c(Nc2cc(NC(=O)[C@@H]3C[C@@H]3F)nc3[nH]c(C)nc23)cccc1-c1ncn(C)n1. The molecular formula is C21H21FN8O2. The van der Waals surface area contributed by atoms with Crippen molar-refractivity contribution in [3.05, 3.63) is 36.4 Å². The van der Waals surface area contributed by atoms with Gasteiger partial charge in [0, 0.05) is 13.1 Å². The molecule has 0 spiro atoms. The number of rotatable bonds is 6. The molecule has 0 radical (unpaired) electrons. The highest BCUT2D eigenvalue weighted by atomic mass is 19.1. The van der Waals surface area contributed by atoms with E-state index in [9.17, 15) is 9.18 Å². The van der Waals surface area contributed by atoms with E-state index in [0.29, 0.717) is 45.8 Å². The number of anilines is 3. The van der Waals surface area contributed by atoms with Gasteiger partial charge in [0.2, 0.25) is 5.91 Å². The lowest BCUT2D eigenvalue weighted by Crippen LogP contribution is -2.16. The first-order valence-electron chi connectivity index (χ1n) is 10.0. The quantitative estimate of drug-likeness (QED) is 0.424. The Morgan fingerprint density at radius 3 is 2.81 bits per heavy atom. The third kappa shape index (κ3) is 3.61. The second kappa shape index (κ2) is 7.59. The lowest BCUT2D eigenvalue weighted by molar-refractivity contribution is -0.117. The number of ether oxygens (including phenoxy) is 1. The van der Waals surface area contributed by atoms with Gasteiger partial charge in [-0.2, -0.15) is 5.10 Å². The topological polar surface area (TPSA) is 123 Å². The highest BCUT2D eigenvalue weighted by Crippen LogP contribution is 2.38. The van der Waals surface area contributed by atoms with Crippen LogP contribution in [0.25, 0.3) is 22.6 Å². The van der Waals surface area contributed by atoms with Crippen molar-refractivity contribution < 1.29 is 13.9 Å². The smallest absolute Gasteiger partial charge is 0.231 e. The summed E-state index contributed by atoms with van der Waals surface area (Å²) < 4.78 is 20.6. The number of halogens is 1. The van der Waals surface area contributed by atoms with E-state index < -0.39 is 12.1 Å². The summed E-state index contributed by atoms with van der Waals surface area (Å²) in [5, 5.41) is 10.4. The van der Waals surface area contributed by atoms with Crippen molar-refractivity contribution in [2.75, 3.05) is 17.7 Å². The molecule has 1 amide bonds. The number of aryl methyl sites for hydroxylation is 2. The molecule has 0 aliphatic heterocycles. The average molecular weight is 436 g/mol. The highest BCUT2D eigenvalue weighted by Gasteiger charge is 2.43. The van der Waals surface area contributed by atoms with Crippen LogP contribution in [-0.2, 0) is 11.8 Å². The minimum absolute atomic E-state index is 0.244. The van der Waals surface area contributed by atoms with Gasteiger partial charge < -0.3 is 20.4 Å². The number of pyridine rings is 1. The van der Waals surface area contributed by atoms with E-state index in [1.54, 1.807) is 31.2 Å². The average Bonchev–Trinajstić information content (AvgIpc) is 3.14. The van der Waals surface area contributed by atoms with E-state index in [2.05, 4.69) is 35.7 Å². The van der Waals surface area contributed by atoms with Crippen LogP contribution in [0.3, 0.4) is 0 Å². The molecule has 1 fully saturated rings. The number of methoxy groups -OCH3 is 1. The number of H-pyrrole nitrogens is 1. The Hall–Kier alpha value is -4.02. The lowest BCUT2D eigenvalue weighted by Gasteiger charge is -2.15. The Morgan fingerprint density at radius 2 is 2.12 bits per heavy atom. The van der Waals surface area contributed by atoms with Crippen molar-refractivity contribution in [1.29, 1.82) is 0 Å². The molecular weight excluding hydrogens is 415 g/mol. The van der Waals surface area contributed by atoms with Crippen molar-refractivity contribution in [3.63, 3.8) is 0 Å². The number of fused-ring (bicyclic) bond motifs is 1. The molecule has 10 nitrogen and oxygen atoms in total. The number of hydrogen-bond acceptors (Lipinski definition) is 7. The van der Waals surface area contributed by atoms with Crippen molar-refractivity contribution in [2.45, 2.75) is 19.5 Å². The fourth-order valence-corrected chi connectivity index (χ4v) is 3.56. The van der Waals surface area contributed by atoms with Crippen molar-refractivity contribution in [2.24, 2.45) is 13.0 Å². The molecule has 3 aromatic heterocycles. The van der Waals surface area contributed by atoms with Crippen LogP contribution in [0.15, 0.2) is 30.6 Å². The molecule has 3 N–H and O–H groups in total. The first-order valence-corrected chi connectivity index (χ1v) is 10.0. The number of aromatic nitrogens is 6. The summed E-state index contributed by atoms with van der Waals surface area (Å²) in [6.45, 7) is 1.82. The van der Waals surface area contributed by atoms with E-state index in [1.165, 1.54) is 0 Å². The highest BCUT2D eigenvalue weighted by molar-refractivity contribution is 5.97. The Labute approximate surface area is 182 Å². The Kier molecular flexibility index (Phi) is 4.72. The zero-order valence-corrected chi connectivity index (χ0v) is 17.7. The second-order valence-electron chi connectivity index (χ2n) is 7.68. The molecule has 0 bridgehead atoms. The van der Waals surface area contributed by atoms with Crippen LogP contribution in [0.4, 0.5) is 21.6 Å². The summed E-state index contributed by atoms with van der Waals surface area (Å²) in [5.41, 5.74) is 3.08. The van der Waals surface area contributed by atoms with E-state index in [0.717, 1.165) is 5.56 Å². The third-order valence-electron chi connectivity index (χ3n) is 5.20. The van der Waals surface area contributed by atoms with E-state index in [-0.39, 0.29) is 12.3 Å². The van der Waals surface area contributed by atoms with Crippen LogP contribution in [0, 0.1) is 12.8 Å². The number of para-hydroxylation sites is 1. The molecule has 3 heterocycles. The van der Waals surface area contributed by atoms with Crippen molar-refractivity contribution in [1.82, 2.24) is 29.7 Å². The maximum atomic E-state index is 13.3. The van der Waals surface area contributed by atoms with Crippen LogP contribution in [0.1, 0.15) is 12.2 Å². The largest absolute Gasteiger partial charge is 0.494 e. The van der Waals surface area contributed by atoms with Gasteiger partial charge in [0.1, 0.15) is 29.7 Å². The number of nitrogens with one attached hydrogen (secondary N) is 3. The van der Waals surface area contributed by atoms with Gasteiger partial charge in [0.25, 0.3) is 0 Å². The van der Waals surface area contributed by atoms with Crippen LogP contribution in [0.5, 0.6) is 5.75 Å². The number of carbonyl (C=O) groups is 1. The second-order valence-corrected chi connectivity index (χ2v) is 7.68. The van der Waals surface area contributed by atoms with Gasteiger partial charge >= 0.3 is 0 Å². The molecule has 2 atom stereocenters. The molecule has 1 aliphatic carbocycles. The zero-order valence-electron chi connectivity index (χ0n) is 17.7. The molecule has 5 rings (SSSR count). The van der Waals surface area contributed by atoms with Crippen LogP contribution < -0.4 is 15.4 Å². The van der Waals surface area contributed by atoms with Crippen LogP contribution in [0.2, 0.25) is 0 Å². The lowest BCUT2D eigenvalue weighted by atomic mass is 10.1. The molecule has 0 unspecified atom stereocenters. The zero-order chi connectivity index (χ0) is 22.4. The summed E-state index contributed by atoms with van der Waals surface area (Å²) >= 11 is 0. The molecule has 164 valence electrons. The van der Waals surface area contributed by atoms with Gasteiger partial charge in [-0.3, -0.25) is 9.48 Å². The molecule has 1 aliphatic rings. The standard InChI is InChI=1S/C21H21FN8O2/c1-10-24-17-15(8-16(27-20(17)25-10)28-21(31)12-7-13(12)22)26-14-6-4-5-11(18(14)32-3)19-23-9-30(2)29-19/h4-6,8-9,12-13H,7H2,1-3H3,(H3,24,25,26,27,28,31)/t12-,13+/m1/s1.